The summed E-state index contributed by atoms with van der Waals surface area (Å²) in [5, 5.41) is 4.99. The van der Waals surface area contributed by atoms with Crippen molar-refractivity contribution in [3.05, 3.63) is 59.7 Å². The van der Waals surface area contributed by atoms with Crippen LogP contribution in [0.5, 0.6) is 11.5 Å². The van der Waals surface area contributed by atoms with Crippen LogP contribution < -0.4 is 20.1 Å². The second kappa shape index (κ2) is 13.5. The van der Waals surface area contributed by atoms with Gasteiger partial charge < -0.3 is 24.8 Å². The third-order valence-electron chi connectivity index (χ3n) is 4.70. The second-order valence-corrected chi connectivity index (χ2v) is 7.79. The quantitative estimate of drug-likeness (QED) is 0.236. The van der Waals surface area contributed by atoms with E-state index in [1.165, 1.54) is 43.3 Å². The normalized spacial score (nSPS) is 12.3. The van der Waals surface area contributed by atoms with Crippen molar-refractivity contribution in [1.82, 2.24) is 10.6 Å². The Morgan fingerprint density at radius 2 is 1.47 bits per heavy atom. The fourth-order valence-corrected chi connectivity index (χ4v) is 2.99. The molecular formula is C24H24F6N2O6. The van der Waals surface area contributed by atoms with Gasteiger partial charge in [0.1, 0.15) is 24.1 Å². The summed E-state index contributed by atoms with van der Waals surface area (Å²) in [5.74, 6) is -2.29. The van der Waals surface area contributed by atoms with Crippen molar-refractivity contribution >= 4 is 17.8 Å². The highest BCUT2D eigenvalue weighted by molar-refractivity contribution is 5.97. The number of carbonyl (C=O) groups excluding carboxylic acids is 3. The van der Waals surface area contributed by atoms with Gasteiger partial charge in [-0.2, -0.15) is 13.2 Å². The van der Waals surface area contributed by atoms with Crippen molar-refractivity contribution < 1.29 is 54.9 Å². The molecule has 0 aliphatic heterocycles. The summed E-state index contributed by atoms with van der Waals surface area (Å²) in [7, 11) is 0. The Labute approximate surface area is 213 Å². The minimum Gasteiger partial charge on any atom is -0.493 e. The average molecular weight is 550 g/mol. The van der Waals surface area contributed by atoms with Crippen molar-refractivity contribution in [3.63, 3.8) is 0 Å². The Morgan fingerprint density at radius 1 is 0.868 bits per heavy atom. The molecule has 0 fully saturated rings. The molecule has 38 heavy (non-hydrogen) atoms. The Hall–Kier alpha value is -3.97. The van der Waals surface area contributed by atoms with E-state index in [9.17, 15) is 40.7 Å². The van der Waals surface area contributed by atoms with E-state index >= 15 is 0 Å². The van der Waals surface area contributed by atoms with Gasteiger partial charge in [-0.15, -0.1) is 13.2 Å². The molecule has 2 aromatic rings. The van der Waals surface area contributed by atoms with Crippen molar-refractivity contribution in [2.45, 2.75) is 38.3 Å². The van der Waals surface area contributed by atoms with E-state index in [0.717, 1.165) is 12.1 Å². The van der Waals surface area contributed by atoms with E-state index in [2.05, 4.69) is 15.4 Å². The number of ether oxygens (including phenoxy) is 3. The summed E-state index contributed by atoms with van der Waals surface area (Å²) in [6.45, 7) is 0.398. The van der Waals surface area contributed by atoms with Crippen LogP contribution in [0.1, 0.15) is 29.3 Å². The summed E-state index contributed by atoms with van der Waals surface area (Å²) in [4.78, 5) is 36.3. The molecule has 0 aromatic heterocycles. The number of halogens is 6. The zero-order valence-corrected chi connectivity index (χ0v) is 19.9. The van der Waals surface area contributed by atoms with E-state index in [1.54, 1.807) is 0 Å². The maximum atomic E-state index is 12.7. The zero-order chi connectivity index (χ0) is 28.3. The van der Waals surface area contributed by atoms with Crippen molar-refractivity contribution in [2.24, 2.45) is 0 Å². The van der Waals surface area contributed by atoms with Gasteiger partial charge in [0.15, 0.2) is 0 Å². The number of rotatable bonds is 12. The number of nitrogens with one attached hydrogen (secondary N) is 2. The molecule has 14 heteroatoms. The summed E-state index contributed by atoms with van der Waals surface area (Å²) in [6.07, 6.45) is -10.5. The van der Waals surface area contributed by atoms with Crippen LogP contribution in [0.15, 0.2) is 48.5 Å². The number of amides is 2. The molecule has 0 aliphatic carbocycles. The highest BCUT2D eigenvalue weighted by Crippen LogP contribution is 2.23. The Morgan fingerprint density at radius 3 is 2.03 bits per heavy atom. The second-order valence-electron chi connectivity index (χ2n) is 7.79. The third-order valence-corrected chi connectivity index (χ3v) is 4.70. The van der Waals surface area contributed by atoms with Crippen LogP contribution in [0, 0.1) is 0 Å². The van der Waals surface area contributed by atoms with E-state index in [0.29, 0.717) is 5.56 Å². The van der Waals surface area contributed by atoms with Gasteiger partial charge in [0.2, 0.25) is 5.91 Å². The topological polar surface area (TPSA) is 103 Å². The monoisotopic (exact) mass is 550 g/mol. The van der Waals surface area contributed by atoms with Crippen LogP contribution in [-0.2, 0) is 20.7 Å². The minimum absolute atomic E-state index is 0.0624. The maximum Gasteiger partial charge on any atom is 0.573 e. The Bertz CT molecular complexity index is 1070. The molecule has 2 N–H and O–H groups in total. The van der Waals surface area contributed by atoms with Crippen LogP contribution in [0.2, 0.25) is 0 Å². The molecule has 1 unspecified atom stereocenters. The molecule has 0 saturated heterocycles. The van der Waals surface area contributed by atoms with Gasteiger partial charge in [0.05, 0.1) is 19.6 Å². The average Bonchev–Trinajstić information content (AvgIpc) is 2.81. The standard InChI is InChI=1S/C24H24F6N2O6/c1-15(33)36-13-11-31-22(35)20(14-16-2-6-19(7-3-16)38-24(28,29)30)32-21(34)17-4-8-18(9-5-17)37-12-10-23(25,26)27/h2-9,20H,10-14H2,1H3,(H,31,35)(H,32,34). The van der Waals surface area contributed by atoms with Gasteiger partial charge in [-0.1, -0.05) is 12.1 Å². The smallest absolute Gasteiger partial charge is 0.493 e. The number of alkyl halides is 6. The predicted molar refractivity (Wildman–Crippen MR) is 120 cm³/mol. The van der Waals surface area contributed by atoms with Crippen LogP contribution in [0.3, 0.4) is 0 Å². The molecule has 0 saturated carbocycles. The van der Waals surface area contributed by atoms with Gasteiger partial charge in [0.25, 0.3) is 5.91 Å². The Balaban J connectivity index is 2.07. The summed E-state index contributed by atoms with van der Waals surface area (Å²) in [6, 6.07) is 8.66. The molecular weight excluding hydrogens is 526 g/mol. The molecule has 208 valence electrons. The first-order valence-electron chi connectivity index (χ1n) is 11.1. The molecule has 0 radical (unpaired) electrons. The van der Waals surface area contributed by atoms with Gasteiger partial charge in [-0.05, 0) is 42.0 Å². The SMILES string of the molecule is CC(=O)OCCNC(=O)C(Cc1ccc(OC(F)(F)F)cc1)NC(=O)c1ccc(OCCC(F)(F)F)cc1. The van der Waals surface area contributed by atoms with E-state index in [1.807, 2.05) is 0 Å². The van der Waals surface area contributed by atoms with Crippen molar-refractivity contribution in [3.8, 4) is 11.5 Å². The number of hydrogen-bond donors (Lipinski definition) is 2. The maximum absolute atomic E-state index is 12.7. The summed E-state index contributed by atoms with van der Waals surface area (Å²) < 4.78 is 87.4. The molecule has 0 bridgehead atoms. The lowest BCUT2D eigenvalue weighted by Gasteiger charge is -2.19. The fourth-order valence-electron chi connectivity index (χ4n) is 2.99. The highest BCUT2D eigenvalue weighted by Gasteiger charge is 2.31. The lowest BCUT2D eigenvalue weighted by molar-refractivity contribution is -0.274. The molecule has 1 atom stereocenters. The third kappa shape index (κ3) is 11.8. The molecule has 2 aromatic carbocycles. The summed E-state index contributed by atoms with van der Waals surface area (Å²) >= 11 is 0. The minimum atomic E-state index is -4.88. The van der Waals surface area contributed by atoms with Gasteiger partial charge in [-0.3, -0.25) is 14.4 Å². The van der Waals surface area contributed by atoms with Gasteiger partial charge in [0, 0.05) is 18.9 Å². The first-order chi connectivity index (χ1) is 17.7. The number of hydrogen-bond acceptors (Lipinski definition) is 6. The molecule has 0 heterocycles. The number of esters is 1. The van der Waals surface area contributed by atoms with Gasteiger partial charge >= 0.3 is 18.5 Å². The first kappa shape index (κ1) is 30.3. The summed E-state index contributed by atoms with van der Waals surface area (Å²) in [5.41, 5.74) is 0.466. The van der Waals surface area contributed by atoms with Crippen LogP contribution in [-0.4, -0.2) is 56.1 Å². The Kier molecular flexibility index (Phi) is 10.8. The van der Waals surface area contributed by atoms with Gasteiger partial charge in [-0.25, -0.2) is 0 Å². The number of carbonyl (C=O) groups is 3. The van der Waals surface area contributed by atoms with E-state index in [-0.39, 0.29) is 30.9 Å². The van der Waals surface area contributed by atoms with Crippen molar-refractivity contribution in [1.29, 1.82) is 0 Å². The zero-order valence-electron chi connectivity index (χ0n) is 19.9. The number of benzene rings is 2. The van der Waals surface area contributed by atoms with Crippen LogP contribution in [0.25, 0.3) is 0 Å². The lowest BCUT2D eigenvalue weighted by Crippen LogP contribution is -2.48. The van der Waals surface area contributed by atoms with Crippen molar-refractivity contribution in [2.75, 3.05) is 19.8 Å². The van der Waals surface area contributed by atoms with Crippen LogP contribution in [0.4, 0.5) is 26.3 Å². The molecule has 0 spiro atoms. The fraction of sp³-hybridized carbons (Fsp3) is 0.375. The van der Waals surface area contributed by atoms with E-state index < -0.39 is 55.1 Å². The molecule has 0 aliphatic rings. The highest BCUT2D eigenvalue weighted by atomic mass is 19.4. The molecule has 2 amide bonds. The predicted octanol–water partition coefficient (Wildman–Crippen LogP) is 3.94. The largest absolute Gasteiger partial charge is 0.573 e. The molecule has 2 rings (SSSR count). The van der Waals surface area contributed by atoms with E-state index in [4.69, 9.17) is 9.47 Å². The first-order valence-corrected chi connectivity index (χ1v) is 11.1. The molecule has 8 nitrogen and oxygen atoms in total. The lowest BCUT2D eigenvalue weighted by atomic mass is 10.0. The van der Waals surface area contributed by atoms with Crippen LogP contribution >= 0.6 is 0 Å².